The molecule has 6 nitrogen and oxygen atoms in total. The van der Waals surface area contributed by atoms with Crippen molar-refractivity contribution >= 4 is 16.0 Å². The Morgan fingerprint density at radius 2 is 1.85 bits per heavy atom. The average molecular weight is 292 g/mol. The van der Waals surface area contributed by atoms with Gasteiger partial charge in [-0.2, -0.15) is 0 Å². The predicted molar refractivity (Wildman–Crippen MR) is 71.7 cm³/mol. The van der Waals surface area contributed by atoms with Crippen LogP contribution in [0, 0.1) is 0 Å². The van der Waals surface area contributed by atoms with E-state index < -0.39 is 16.0 Å². The first kappa shape index (κ1) is 14.2. The third-order valence-electron chi connectivity index (χ3n) is 2.57. The number of sulfonamides is 1. The van der Waals surface area contributed by atoms with Crippen LogP contribution in [0.4, 0.5) is 0 Å². The summed E-state index contributed by atoms with van der Waals surface area (Å²) in [5.41, 5.74) is 0.755. The summed E-state index contributed by atoms with van der Waals surface area (Å²) in [6, 6.07) is 11.4. The highest BCUT2D eigenvalue weighted by molar-refractivity contribution is 7.89. The summed E-state index contributed by atoms with van der Waals surface area (Å²) in [4.78, 5) is 14.3. The van der Waals surface area contributed by atoms with E-state index in [1.54, 1.807) is 12.1 Å². The van der Waals surface area contributed by atoms with Crippen LogP contribution in [-0.4, -0.2) is 24.5 Å². The molecule has 7 heteroatoms. The zero-order chi connectivity index (χ0) is 14.6. The summed E-state index contributed by atoms with van der Waals surface area (Å²) < 4.78 is 26.3. The lowest BCUT2D eigenvalue weighted by atomic mass is 10.2. The van der Waals surface area contributed by atoms with Crippen LogP contribution < -0.4 is 4.72 Å². The first-order valence-corrected chi connectivity index (χ1v) is 7.20. The molecule has 104 valence electrons. The average Bonchev–Trinajstić information content (AvgIpc) is 2.46. The number of nitrogens with one attached hydrogen (secondary N) is 1. The number of aromatic nitrogens is 1. The van der Waals surface area contributed by atoms with Crippen LogP contribution >= 0.6 is 0 Å². The van der Waals surface area contributed by atoms with Crippen molar-refractivity contribution in [2.75, 3.05) is 0 Å². The van der Waals surface area contributed by atoms with Gasteiger partial charge in [0.15, 0.2) is 5.03 Å². The standard InChI is InChI=1S/C13H12N2O4S/c16-13(17)11-6-7-12(14-9-11)20(18,19)15-8-10-4-2-1-3-5-10/h1-7,9,15H,8H2,(H,16,17). The Morgan fingerprint density at radius 3 is 2.40 bits per heavy atom. The van der Waals surface area contributed by atoms with Crippen molar-refractivity contribution in [3.8, 4) is 0 Å². The number of rotatable bonds is 5. The van der Waals surface area contributed by atoms with Gasteiger partial charge in [-0.15, -0.1) is 0 Å². The van der Waals surface area contributed by atoms with E-state index in [9.17, 15) is 13.2 Å². The molecule has 0 aliphatic rings. The minimum absolute atomic E-state index is 0.0630. The summed E-state index contributed by atoms with van der Waals surface area (Å²) in [6.45, 7) is 0.144. The summed E-state index contributed by atoms with van der Waals surface area (Å²) >= 11 is 0. The second-order valence-electron chi connectivity index (χ2n) is 4.00. The van der Waals surface area contributed by atoms with Gasteiger partial charge in [0.1, 0.15) is 0 Å². The normalized spacial score (nSPS) is 11.2. The maximum atomic E-state index is 12.0. The van der Waals surface area contributed by atoms with Crippen molar-refractivity contribution in [2.45, 2.75) is 11.6 Å². The summed E-state index contributed by atoms with van der Waals surface area (Å²) in [5.74, 6) is -1.15. The largest absolute Gasteiger partial charge is 0.478 e. The van der Waals surface area contributed by atoms with E-state index >= 15 is 0 Å². The van der Waals surface area contributed by atoms with Crippen LogP contribution in [0.25, 0.3) is 0 Å². The number of carbonyl (C=O) groups is 1. The third-order valence-corrected chi connectivity index (χ3v) is 3.88. The van der Waals surface area contributed by atoms with E-state index in [1.807, 2.05) is 18.2 Å². The fraction of sp³-hybridized carbons (Fsp3) is 0.0769. The molecule has 0 aliphatic carbocycles. The Hall–Kier alpha value is -2.25. The van der Waals surface area contributed by atoms with Crippen molar-refractivity contribution < 1.29 is 18.3 Å². The van der Waals surface area contributed by atoms with Gasteiger partial charge in [-0.25, -0.2) is 22.9 Å². The van der Waals surface area contributed by atoms with E-state index in [-0.39, 0.29) is 17.1 Å². The van der Waals surface area contributed by atoms with Crippen LogP contribution in [-0.2, 0) is 16.6 Å². The molecule has 0 bridgehead atoms. The number of carboxylic acids is 1. The Balaban J connectivity index is 2.12. The lowest BCUT2D eigenvalue weighted by molar-refractivity contribution is 0.0696. The van der Waals surface area contributed by atoms with E-state index in [1.165, 1.54) is 6.07 Å². The van der Waals surface area contributed by atoms with E-state index in [0.29, 0.717) is 0 Å². The first-order chi connectivity index (χ1) is 9.49. The van der Waals surface area contributed by atoms with E-state index in [4.69, 9.17) is 5.11 Å². The SMILES string of the molecule is O=C(O)c1ccc(S(=O)(=O)NCc2ccccc2)nc1. The number of aromatic carboxylic acids is 1. The second-order valence-corrected chi connectivity index (χ2v) is 5.71. The monoisotopic (exact) mass is 292 g/mol. The molecule has 1 heterocycles. The number of benzene rings is 1. The molecule has 0 aliphatic heterocycles. The molecule has 0 unspecified atom stereocenters. The van der Waals surface area contributed by atoms with Gasteiger partial charge in [-0.3, -0.25) is 0 Å². The quantitative estimate of drug-likeness (QED) is 0.864. The highest BCUT2D eigenvalue weighted by Crippen LogP contribution is 2.08. The summed E-state index contributed by atoms with van der Waals surface area (Å²) in [7, 11) is -3.75. The molecule has 20 heavy (non-hydrogen) atoms. The fourth-order valence-electron chi connectivity index (χ4n) is 1.51. The molecule has 0 fully saturated rings. The van der Waals surface area contributed by atoms with E-state index in [2.05, 4.69) is 9.71 Å². The molecule has 0 amide bonds. The molecule has 1 aromatic carbocycles. The van der Waals surface area contributed by atoms with E-state index in [0.717, 1.165) is 17.8 Å². The van der Waals surface area contributed by atoms with Gasteiger partial charge in [0.2, 0.25) is 0 Å². The zero-order valence-electron chi connectivity index (χ0n) is 10.4. The van der Waals surface area contributed by atoms with Gasteiger partial charge in [-0.05, 0) is 17.7 Å². The second kappa shape index (κ2) is 5.81. The molecule has 0 atom stereocenters. The fourth-order valence-corrected chi connectivity index (χ4v) is 2.46. The zero-order valence-corrected chi connectivity index (χ0v) is 11.2. The molecule has 2 rings (SSSR count). The molecule has 2 N–H and O–H groups in total. The lowest BCUT2D eigenvalue weighted by Crippen LogP contribution is -2.24. The molecule has 0 saturated carbocycles. The Bertz CT molecular complexity index is 697. The number of hydrogen-bond donors (Lipinski definition) is 2. The number of pyridine rings is 1. The van der Waals surface area contributed by atoms with Gasteiger partial charge in [0, 0.05) is 12.7 Å². The van der Waals surface area contributed by atoms with Gasteiger partial charge in [-0.1, -0.05) is 30.3 Å². The van der Waals surface area contributed by atoms with Crippen LogP contribution in [0.1, 0.15) is 15.9 Å². The maximum absolute atomic E-state index is 12.0. The minimum Gasteiger partial charge on any atom is -0.478 e. The third kappa shape index (κ3) is 3.40. The molecule has 0 radical (unpaired) electrons. The molecular weight excluding hydrogens is 280 g/mol. The topological polar surface area (TPSA) is 96.4 Å². The molecular formula is C13H12N2O4S. The van der Waals surface area contributed by atoms with Crippen molar-refractivity contribution in [3.63, 3.8) is 0 Å². The highest BCUT2D eigenvalue weighted by Gasteiger charge is 2.16. The Labute approximate surface area is 116 Å². The first-order valence-electron chi connectivity index (χ1n) is 5.72. The predicted octanol–water partition coefficient (Wildman–Crippen LogP) is 1.26. The number of nitrogens with zero attached hydrogens (tertiary/aromatic N) is 1. The molecule has 0 saturated heterocycles. The lowest BCUT2D eigenvalue weighted by Gasteiger charge is -2.06. The van der Waals surface area contributed by atoms with Gasteiger partial charge in [0.05, 0.1) is 5.56 Å². The number of carboxylic acid groups (broad SMARTS) is 1. The summed E-state index contributed by atoms with van der Waals surface area (Å²) in [6.07, 6.45) is 1.01. The van der Waals surface area contributed by atoms with Crippen molar-refractivity contribution in [2.24, 2.45) is 0 Å². The van der Waals surface area contributed by atoms with Crippen molar-refractivity contribution in [1.29, 1.82) is 0 Å². The molecule has 0 spiro atoms. The molecule has 1 aromatic heterocycles. The smallest absolute Gasteiger partial charge is 0.337 e. The van der Waals surface area contributed by atoms with Crippen molar-refractivity contribution in [3.05, 3.63) is 59.8 Å². The summed E-state index contributed by atoms with van der Waals surface area (Å²) in [5, 5.41) is 8.52. The van der Waals surface area contributed by atoms with Crippen LogP contribution in [0.5, 0.6) is 0 Å². The Morgan fingerprint density at radius 1 is 1.15 bits per heavy atom. The highest BCUT2D eigenvalue weighted by atomic mass is 32.2. The molecule has 2 aromatic rings. The minimum atomic E-state index is -3.75. The van der Waals surface area contributed by atoms with Crippen LogP contribution in [0.3, 0.4) is 0 Å². The van der Waals surface area contributed by atoms with Gasteiger partial charge < -0.3 is 5.11 Å². The maximum Gasteiger partial charge on any atom is 0.337 e. The van der Waals surface area contributed by atoms with Gasteiger partial charge in [0.25, 0.3) is 10.0 Å². The van der Waals surface area contributed by atoms with Gasteiger partial charge >= 0.3 is 5.97 Å². The van der Waals surface area contributed by atoms with Crippen LogP contribution in [0.15, 0.2) is 53.7 Å². The number of hydrogen-bond acceptors (Lipinski definition) is 4. The van der Waals surface area contributed by atoms with Crippen LogP contribution in [0.2, 0.25) is 0 Å². The Kier molecular flexibility index (Phi) is 4.11. The van der Waals surface area contributed by atoms with Crippen molar-refractivity contribution in [1.82, 2.24) is 9.71 Å².